The molecule has 3 aromatic rings. The molecule has 0 aliphatic carbocycles. The highest BCUT2D eigenvalue weighted by Crippen LogP contribution is 2.25. The molecule has 28 heavy (non-hydrogen) atoms. The summed E-state index contributed by atoms with van der Waals surface area (Å²) in [6.45, 7) is 4.92. The second kappa shape index (κ2) is 8.76. The molecule has 0 aromatic heterocycles. The van der Waals surface area contributed by atoms with Crippen molar-refractivity contribution in [2.24, 2.45) is 5.10 Å². The van der Waals surface area contributed by atoms with Gasteiger partial charge in [-0.15, -0.1) is 0 Å². The van der Waals surface area contributed by atoms with Crippen molar-refractivity contribution < 1.29 is 4.74 Å². The van der Waals surface area contributed by atoms with Crippen molar-refractivity contribution in [1.82, 2.24) is 9.91 Å². The third-order valence-corrected chi connectivity index (χ3v) is 5.79. The first-order valence-electron chi connectivity index (χ1n) is 9.54. The molecule has 0 unspecified atom stereocenters. The van der Waals surface area contributed by atoms with E-state index in [4.69, 9.17) is 4.74 Å². The molecule has 0 atom stereocenters. The number of methoxy groups -OCH3 is 1. The topological polar surface area (TPSA) is 28.1 Å². The summed E-state index contributed by atoms with van der Waals surface area (Å²) in [5, 5.41) is 9.48. The van der Waals surface area contributed by atoms with Crippen LogP contribution >= 0.6 is 15.9 Å². The highest BCUT2D eigenvalue weighted by atomic mass is 79.9. The van der Waals surface area contributed by atoms with E-state index in [1.54, 1.807) is 7.11 Å². The Morgan fingerprint density at radius 3 is 2.57 bits per heavy atom. The van der Waals surface area contributed by atoms with E-state index in [0.29, 0.717) is 0 Å². The smallest absolute Gasteiger partial charge is 0.133 e. The molecule has 3 aromatic carbocycles. The van der Waals surface area contributed by atoms with Gasteiger partial charge in [0.05, 0.1) is 17.8 Å². The first-order chi connectivity index (χ1) is 13.7. The Morgan fingerprint density at radius 2 is 1.79 bits per heavy atom. The van der Waals surface area contributed by atoms with Crippen molar-refractivity contribution in [3.05, 3.63) is 76.3 Å². The number of halogens is 1. The number of fused-ring (bicyclic) bond motifs is 1. The highest BCUT2D eigenvalue weighted by molar-refractivity contribution is 9.10. The number of hydrazone groups is 1. The van der Waals surface area contributed by atoms with Crippen molar-refractivity contribution in [2.75, 3.05) is 33.3 Å². The molecule has 0 saturated carbocycles. The van der Waals surface area contributed by atoms with Gasteiger partial charge >= 0.3 is 0 Å². The van der Waals surface area contributed by atoms with Crippen molar-refractivity contribution in [3.63, 3.8) is 0 Å². The molecule has 0 bridgehead atoms. The minimum Gasteiger partial charge on any atom is -0.496 e. The van der Waals surface area contributed by atoms with Gasteiger partial charge in [0.2, 0.25) is 0 Å². The fourth-order valence-corrected chi connectivity index (χ4v) is 4.15. The first-order valence-corrected chi connectivity index (χ1v) is 10.3. The summed E-state index contributed by atoms with van der Waals surface area (Å²) in [6, 6.07) is 21.2. The maximum Gasteiger partial charge on any atom is 0.133 e. The van der Waals surface area contributed by atoms with Gasteiger partial charge in [-0.1, -0.05) is 42.5 Å². The lowest BCUT2D eigenvalue weighted by Crippen LogP contribution is -2.43. The molecule has 1 aliphatic heterocycles. The van der Waals surface area contributed by atoms with E-state index in [0.717, 1.165) is 48.5 Å². The van der Waals surface area contributed by atoms with Gasteiger partial charge in [0.1, 0.15) is 5.75 Å². The van der Waals surface area contributed by atoms with E-state index >= 15 is 0 Å². The third-order valence-electron chi connectivity index (χ3n) is 5.17. The van der Waals surface area contributed by atoms with Crippen molar-refractivity contribution in [1.29, 1.82) is 0 Å². The zero-order chi connectivity index (χ0) is 19.3. The number of hydrogen-bond acceptors (Lipinski definition) is 4. The third kappa shape index (κ3) is 4.37. The molecule has 0 N–H and O–H groups in total. The summed E-state index contributed by atoms with van der Waals surface area (Å²) in [7, 11) is 1.67. The molecule has 0 amide bonds. The first kappa shape index (κ1) is 19.0. The molecular formula is C23H24BrN3O. The quantitative estimate of drug-likeness (QED) is 0.538. The molecule has 1 fully saturated rings. The van der Waals surface area contributed by atoms with E-state index in [-0.39, 0.29) is 0 Å². The van der Waals surface area contributed by atoms with E-state index in [9.17, 15) is 0 Å². The predicted octanol–water partition coefficient (Wildman–Crippen LogP) is 4.76. The van der Waals surface area contributed by atoms with E-state index in [1.807, 2.05) is 24.4 Å². The monoisotopic (exact) mass is 437 g/mol. The lowest BCUT2D eigenvalue weighted by molar-refractivity contribution is 0.131. The lowest BCUT2D eigenvalue weighted by atomic mass is 10.0. The zero-order valence-corrected chi connectivity index (χ0v) is 17.6. The van der Waals surface area contributed by atoms with Crippen LogP contribution in [-0.2, 0) is 6.54 Å². The summed E-state index contributed by atoms with van der Waals surface area (Å²) in [5.74, 6) is 0.833. The van der Waals surface area contributed by atoms with Crippen LogP contribution in [0.5, 0.6) is 5.75 Å². The normalized spacial score (nSPS) is 15.4. The van der Waals surface area contributed by atoms with Gasteiger partial charge in [0.25, 0.3) is 0 Å². The van der Waals surface area contributed by atoms with Gasteiger partial charge in [-0.05, 0) is 56.0 Å². The molecule has 0 radical (unpaired) electrons. The Bertz CT molecular complexity index is 975. The number of rotatable bonds is 5. The molecule has 5 heteroatoms. The molecule has 1 saturated heterocycles. The Hall–Kier alpha value is -2.37. The van der Waals surface area contributed by atoms with Gasteiger partial charge in [-0.3, -0.25) is 9.91 Å². The standard InChI is InChI=1S/C23H24BrN3O/c1-28-23-10-9-18(15-22(23)24)16-25-27-13-11-26(12-14-27)17-20-7-4-6-19-5-2-3-8-21(19)20/h2-10,15-16H,11-14,17H2,1H3/b25-16+. The van der Waals surface area contributed by atoms with Crippen LogP contribution in [0.1, 0.15) is 11.1 Å². The number of piperazine rings is 1. The maximum atomic E-state index is 5.27. The molecular weight excluding hydrogens is 414 g/mol. The van der Waals surface area contributed by atoms with Crippen molar-refractivity contribution in [2.45, 2.75) is 6.54 Å². The Labute approximate surface area is 174 Å². The summed E-state index contributed by atoms with van der Waals surface area (Å²) in [5.41, 5.74) is 2.46. The van der Waals surface area contributed by atoms with Crippen LogP contribution in [-0.4, -0.2) is 49.4 Å². The zero-order valence-electron chi connectivity index (χ0n) is 16.0. The van der Waals surface area contributed by atoms with Gasteiger partial charge in [-0.2, -0.15) is 5.10 Å². The highest BCUT2D eigenvalue weighted by Gasteiger charge is 2.16. The predicted molar refractivity (Wildman–Crippen MR) is 119 cm³/mol. The molecule has 4 rings (SSSR count). The number of ether oxygens (including phenoxy) is 1. The van der Waals surface area contributed by atoms with Crippen LogP contribution < -0.4 is 4.74 Å². The van der Waals surface area contributed by atoms with Crippen LogP contribution in [0.2, 0.25) is 0 Å². The van der Waals surface area contributed by atoms with Gasteiger partial charge in [0.15, 0.2) is 0 Å². The number of nitrogens with zero attached hydrogens (tertiary/aromatic N) is 3. The van der Waals surface area contributed by atoms with Crippen LogP contribution in [0.25, 0.3) is 10.8 Å². The van der Waals surface area contributed by atoms with Gasteiger partial charge < -0.3 is 4.74 Å². The second-order valence-electron chi connectivity index (χ2n) is 7.01. The molecule has 4 nitrogen and oxygen atoms in total. The minimum absolute atomic E-state index is 0.833. The van der Waals surface area contributed by atoms with Gasteiger partial charge in [-0.25, -0.2) is 0 Å². The Balaban J connectivity index is 1.35. The lowest BCUT2D eigenvalue weighted by Gasteiger charge is -2.33. The Morgan fingerprint density at radius 1 is 1.00 bits per heavy atom. The van der Waals surface area contributed by atoms with Crippen LogP contribution in [0, 0.1) is 0 Å². The molecule has 1 aliphatic rings. The fourth-order valence-electron chi connectivity index (χ4n) is 3.59. The second-order valence-corrected chi connectivity index (χ2v) is 7.86. The SMILES string of the molecule is COc1ccc(/C=N/N2CCN(Cc3cccc4ccccc34)CC2)cc1Br. The molecule has 144 valence electrons. The van der Waals surface area contributed by atoms with Crippen LogP contribution in [0.3, 0.4) is 0 Å². The van der Waals surface area contributed by atoms with Crippen LogP contribution in [0.15, 0.2) is 70.2 Å². The molecule has 0 spiro atoms. The number of hydrogen-bond donors (Lipinski definition) is 0. The average Bonchev–Trinajstić information content (AvgIpc) is 2.74. The summed E-state index contributed by atoms with van der Waals surface area (Å²) in [6.07, 6.45) is 1.92. The van der Waals surface area contributed by atoms with E-state index in [2.05, 4.69) is 73.4 Å². The van der Waals surface area contributed by atoms with Crippen molar-refractivity contribution >= 4 is 32.9 Å². The molecule has 1 heterocycles. The Kier molecular flexibility index (Phi) is 5.93. The summed E-state index contributed by atoms with van der Waals surface area (Å²) in [4.78, 5) is 2.51. The van der Waals surface area contributed by atoms with Crippen molar-refractivity contribution in [3.8, 4) is 5.75 Å². The summed E-state index contributed by atoms with van der Waals surface area (Å²) < 4.78 is 6.22. The maximum absolute atomic E-state index is 5.27. The van der Waals surface area contributed by atoms with Gasteiger partial charge in [0, 0.05) is 32.7 Å². The summed E-state index contributed by atoms with van der Waals surface area (Å²) >= 11 is 3.52. The van der Waals surface area contributed by atoms with E-state index in [1.165, 1.54) is 16.3 Å². The minimum atomic E-state index is 0.833. The van der Waals surface area contributed by atoms with E-state index < -0.39 is 0 Å². The largest absolute Gasteiger partial charge is 0.496 e. The average molecular weight is 438 g/mol. The van der Waals surface area contributed by atoms with Crippen LogP contribution in [0.4, 0.5) is 0 Å². The fraction of sp³-hybridized carbons (Fsp3) is 0.261. The number of benzene rings is 3.